The van der Waals surface area contributed by atoms with E-state index in [4.69, 9.17) is 0 Å². The summed E-state index contributed by atoms with van der Waals surface area (Å²) in [6.45, 7) is 4.75. The Bertz CT molecular complexity index is 3290. The van der Waals surface area contributed by atoms with Crippen molar-refractivity contribution in [3.05, 3.63) is 234 Å². The third kappa shape index (κ3) is 5.18. The first kappa shape index (κ1) is 33.9. The van der Waals surface area contributed by atoms with Crippen LogP contribution >= 0.6 is 0 Å². The van der Waals surface area contributed by atoms with E-state index >= 15 is 0 Å². The Kier molecular flexibility index (Phi) is 7.40. The highest BCUT2D eigenvalue weighted by molar-refractivity contribution is 6.13. The van der Waals surface area contributed by atoms with Gasteiger partial charge in [0.25, 0.3) is 0 Å². The minimum absolute atomic E-state index is 0.0973. The van der Waals surface area contributed by atoms with E-state index in [1.54, 1.807) is 0 Å². The molecule has 0 spiro atoms. The van der Waals surface area contributed by atoms with Crippen LogP contribution in [-0.4, -0.2) is 4.57 Å². The Morgan fingerprint density at radius 3 is 1.75 bits per heavy atom. The molecule has 1 unspecified atom stereocenters. The second-order valence-corrected chi connectivity index (χ2v) is 16.9. The summed E-state index contributed by atoms with van der Waals surface area (Å²) in [5.74, 6) is 0.181. The summed E-state index contributed by atoms with van der Waals surface area (Å²) in [7, 11) is 0. The molecular formula is C58H41N. The third-order valence-electron chi connectivity index (χ3n) is 13.3. The Hall–Kier alpha value is -7.22. The average Bonchev–Trinajstić information content (AvgIpc) is 3.88. The van der Waals surface area contributed by atoms with E-state index in [0.717, 1.165) is 0 Å². The number of hydrogen-bond donors (Lipinski definition) is 0. The monoisotopic (exact) mass is 751 g/mol. The van der Waals surface area contributed by atoms with E-state index < -0.39 is 0 Å². The largest absolute Gasteiger partial charge is 0.309 e. The minimum Gasteiger partial charge on any atom is -0.309 e. The number of rotatable bonds is 5. The maximum atomic E-state index is 2.49. The lowest BCUT2D eigenvalue weighted by Crippen LogP contribution is -2.14. The molecule has 0 N–H and O–H groups in total. The van der Waals surface area contributed by atoms with Gasteiger partial charge in [-0.2, -0.15) is 0 Å². The van der Waals surface area contributed by atoms with Crippen molar-refractivity contribution in [1.82, 2.24) is 4.57 Å². The van der Waals surface area contributed by atoms with Gasteiger partial charge in [-0.05, 0) is 126 Å². The maximum absolute atomic E-state index is 2.49. The van der Waals surface area contributed by atoms with Crippen molar-refractivity contribution in [3.8, 4) is 61.3 Å². The van der Waals surface area contributed by atoms with Gasteiger partial charge in [-0.3, -0.25) is 0 Å². The van der Waals surface area contributed by atoms with Crippen LogP contribution in [-0.2, 0) is 5.41 Å². The average molecular weight is 752 g/mol. The van der Waals surface area contributed by atoms with Crippen molar-refractivity contribution in [3.63, 3.8) is 0 Å². The third-order valence-corrected chi connectivity index (χ3v) is 13.3. The topological polar surface area (TPSA) is 4.93 Å². The van der Waals surface area contributed by atoms with Crippen molar-refractivity contribution >= 4 is 21.8 Å². The molecule has 10 aromatic rings. The Morgan fingerprint density at radius 2 is 0.949 bits per heavy atom. The lowest BCUT2D eigenvalue weighted by molar-refractivity contribution is 0.661. The van der Waals surface area contributed by atoms with Gasteiger partial charge in [-0.25, -0.2) is 0 Å². The molecule has 0 aliphatic heterocycles. The first-order chi connectivity index (χ1) is 29.0. The molecule has 278 valence electrons. The van der Waals surface area contributed by atoms with E-state index in [1.165, 1.54) is 111 Å². The van der Waals surface area contributed by atoms with Crippen molar-refractivity contribution in [2.75, 3.05) is 0 Å². The van der Waals surface area contributed by atoms with Crippen LogP contribution in [0.3, 0.4) is 0 Å². The van der Waals surface area contributed by atoms with Gasteiger partial charge in [-0.15, -0.1) is 0 Å². The SMILES string of the molecule is CC1(C)c2ccccc2-c2cc3c4cc(-c5ccc6c(c5)-c5ccccc5C6c5cccc(-c6ccccc6)c5)ccc4n(-c4cccc(-c5ccccc5)c4)c3cc21. The molecule has 59 heavy (non-hydrogen) atoms. The van der Waals surface area contributed by atoms with Gasteiger partial charge >= 0.3 is 0 Å². The van der Waals surface area contributed by atoms with Crippen LogP contribution in [0, 0.1) is 0 Å². The fourth-order valence-corrected chi connectivity index (χ4v) is 10.4. The molecule has 0 radical (unpaired) electrons. The molecule has 2 aliphatic rings. The number of hydrogen-bond acceptors (Lipinski definition) is 0. The van der Waals surface area contributed by atoms with Crippen LogP contribution in [0.2, 0.25) is 0 Å². The summed E-state index contributed by atoms with van der Waals surface area (Å²) < 4.78 is 2.49. The zero-order valence-corrected chi connectivity index (χ0v) is 33.2. The maximum Gasteiger partial charge on any atom is 0.0544 e. The van der Waals surface area contributed by atoms with E-state index in [0.29, 0.717) is 0 Å². The Balaban J connectivity index is 1.04. The summed E-state index contributed by atoms with van der Waals surface area (Å²) >= 11 is 0. The molecule has 0 amide bonds. The normalized spacial score (nSPS) is 14.6. The second kappa shape index (κ2) is 12.9. The first-order valence-electron chi connectivity index (χ1n) is 20.8. The molecule has 9 aromatic carbocycles. The van der Waals surface area contributed by atoms with Gasteiger partial charge in [0.05, 0.1) is 11.0 Å². The van der Waals surface area contributed by atoms with Crippen molar-refractivity contribution < 1.29 is 0 Å². The van der Waals surface area contributed by atoms with E-state index in [-0.39, 0.29) is 11.3 Å². The smallest absolute Gasteiger partial charge is 0.0544 e. The molecule has 0 bridgehead atoms. The molecule has 12 rings (SSSR count). The standard InChI is InChI=1S/C58H41N/c1-58(2)53-26-12-11-24-46(53)50-35-52-51-34-42(28-30-55(51)59(56(52)36-54(50)58)44-22-14-20-40(32-44)38-17-7-4-8-18-38)41-27-29-48-49(33-41)45-23-9-10-25-47(45)57(48)43-21-13-19-39(31-43)37-15-5-3-6-16-37/h3-36,57H,1-2H3. The van der Waals surface area contributed by atoms with Gasteiger partial charge in [0.1, 0.15) is 0 Å². The van der Waals surface area contributed by atoms with E-state index in [1.807, 2.05) is 0 Å². The summed E-state index contributed by atoms with van der Waals surface area (Å²) in [6.07, 6.45) is 0. The Morgan fingerprint density at radius 1 is 0.356 bits per heavy atom. The van der Waals surface area contributed by atoms with Crippen LogP contribution in [0.15, 0.2) is 206 Å². The number of aromatic nitrogens is 1. The lowest BCUT2D eigenvalue weighted by atomic mass is 9.82. The summed E-state index contributed by atoms with van der Waals surface area (Å²) in [4.78, 5) is 0. The predicted octanol–water partition coefficient (Wildman–Crippen LogP) is 15.3. The molecule has 1 heteroatoms. The van der Waals surface area contributed by atoms with Gasteiger partial charge in [0.2, 0.25) is 0 Å². The molecular weight excluding hydrogens is 711 g/mol. The molecule has 0 fully saturated rings. The molecule has 0 saturated heterocycles. The fourth-order valence-electron chi connectivity index (χ4n) is 10.4. The number of fused-ring (bicyclic) bond motifs is 9. The highest BCUT2D eigenvalue weighted by Crippen LogP contribution is 2.52. The zero-order chi connectivity index (χ0) is 39.2. The molecule has 1 aromatic heterocycles. The van der Waals surface area contributed by atoms with Gasteiger partial charge < -0.3 is 4.57 Å². The summed E-state index contributed by atoms with van der Waals surface area (Å²) in [5, 5.41) is 2.55. The minimum atomic E-state index is -0.0973. The number of nitrogens with zero attached hydrogens (tertiary/aromatic N) is 1. The van der Waals surface area contributed by atoms with Gasteiger partial charge in [-0.1, -0.05) is 178 Å². The predicted molar refractivity (Wildman–Crippen MR) is 247 cm³/mol. The summed E-state index contributed by atoms with van der Waals surface area (Å²) in [6, 6.07) is 76.8. The zero-order valence-electron chi connectivity index (χ0n) is 33.2. The lowest BCUT2D eigenvalue weighted by Gasteiger charge is -2.21. The van der Waals surface area contributed by atoms with Gasteiger partial charge in [0, 0.05) is 27.8 Å². The number of benzene rings is 9. The van der Waals surface area contributed by atoms with Crippen LogP contribution in [0.5, 0.6) is 0 Å². The van der Waals surface area contributed by atoms with Crippen LogP contribution < -0.4 is 0 Å². The Labute approximate surface area is 345 Å². The molecule has 1 heterocycles. The second-order valence-electron chi connectivity index (χ2n) is 16.9. The van der Waals surface area contributed by atoms with Crippen molar-refractivity contribution in [1.29, 1.82) is 0 Å². The van der Waals surface area contributed by atoms with Crippen molar-refractivity contribution in [2.45, 2.75) is 25.2 Å². The van der Waals surface area contributed by atoms with Crippen LogP contribution in [0.4, 0.5) is 0 Å². The molecule has 1 atom stereocenters. The quantitative estimate of drug-likeness (QED) is 0.165. The molecule has 1 nitrogen and oxygen atoms in total. The molecule has 0 saturated carbocycles. The molecule has 2 aliphatic carbocycles. The fraction of sp³-hybridized carbons (Fsp3) is 0.0690. The van der Waals surface area contributed by atoms with E-state index in [2.05, 4.69) is 225 Å². The summed E-state index contributed by atoms with van der Waals surface area (Å²) in [5.41, 5.74) is 23.1. The van der Waals surface area contributed by atoms with Crippen molar-refractivity contribution in [2.24, 2.45) is 0 Å². The van der Waals surface area contributed by atoms with E-state index in [9.17, 15) is 0 Å². The van der Waals surface area contributed by atoms with Crippen LogP contribution in [0.25, 0.3) is 83.1 Å². The highest BCUT2D eigenvalue weighted by atomic mass is 15.0. The first-order valence-corrected chi connectivity index (χ1v) is 20.8. The highest BCUT2D eigenvalue weighted by Gasteiger charge is 2.36. The van der Waals surface area contributed by atoms with Crippen LogP contribution in [0.1, 0.15) is 47.6 Å². The van der Waals surface area contributed by atoms with Gasteiger partial charge in [0.15, 0.2) is 0 Å².